The normalized spacial score (nSPS) is 10.4. The van der Waals surface area contributed by atoms with E-state index >= 15 is 0 Å². The number of hydrogen-bond acceptors (Lipinski definition) is 4. The molecule has 6 heteroatoms. The van der Waals surface area contributed by atoms with E-state index < -0.39 is 5.97 Å². The van der Waals surface area contributed by atoms with Crippen LogP contribution in [0.5, 0.6) is 11.5 Å². The average molecular weight is 321 g/mol. The maximum absolute atomic E-state index is 12.1. The number of carboxylic acids is 1. The minimum Gasteiger partial charge on any atom is -0.504 e. The van der Waals surface area contributed by atoms with Crippen LogP contribution in [-0.4, -0.2) is 27.1 Å². The third kappa shape index (κ3) is 3.77. The van der Waals surface area contributed by atoms with Crippen molar-refractivity contribution >= 4 is 23.4 Å². The van der Waals surface area contributed by atoms with Crippen LogP contribution >= 0.6 is 11.6 Å². The summed E-state index contributed by atoms with van der Waals surface area (Å²) in [5, 5.41) is 28.1. The van der Waals surface area contributed by atoms with Crippen molar-refractivity contribution < 1.29 is 24.9 Å². The van der Waals surface area contributed by atoms with E-state index in [0.29, 0.717) is 16.1 Å². The van der Waals surface area contributed by atoms with Crippen molar-refractivity contribution in [2.24, 2.45) is 0 Å². The van der Waals surface area contributed by atoms with Crippen LogP contribution in [0.1, 0.15) is 21.5 Å². The van der Waals surface area contributed by atoms with Gasteiger partial charge >= 0.3 is 5.97 Å². The van der Waals surface area contributed by atoms with Crippen LogP contribution in [-0.2, 0) is 17.6 Å². The first-order valence-corrected chi connectivity index (χ1v) is 6.79. The summed E-state index contributed by atoms with van der Waals surface area (Å²) < 4.78 is 0. The van der Waals surface area contributed by atoms with Gasteiger partial charge in [-0.05, 0) is 41.5 Å². The van der Waals surface area contributed by atoms with Gasteiger partial charge in [-0.3, -0.25) is 4.79 Å². The Morgan fingerprint density at radius 1 is 0.955 bits per heavy atom. The van der Waals surface area contributed by atoms with Gasteiger partial charge in [0.2, 0.25) is 0 Å². The molecule has 0 spiro atoms. The highest BCUT2D eigenvalue weighted by Crippen LogP contribution is 2.25. The number of halogens is 1. The monoisotopic (exact) mass is 320 g/mol. The second-order valence-electron chi connectivity index (χ2n) is 4.82. The lowest BCUT2D eigenvalue weighted by atomic mass is 9.98. The molecule has 0 radical (unpaired) electrons. The molecule has 2 aromatic rings. The summed E-state index contributed by atoms with van der Waals surface area (Å²) in [4.78, 5) is 23.2. The second kappa shape index (κ2) is 6.49. The summed E-state index contributed by atoms with van der Waals surface area (Å²) in [5.41, 5.74) is 0.901. The van der Waals surface area contributed by atoms with Crippen molar-refractivity contribution in [3.05, 3.63) is 58.1 Å². The molecule has 5 nitrogen and oxygen atoms in total. The molecule has 0 heterocycles. The van der Waals surface area contributed by atoms with Gasteiger partial charge in [-0.2, -0.15) is 0 Å². The van der Waals surface area contributed by atoms with E-state index in [1.165, 1.54) is 36.4 Å². The number of rotatable bonds is 5. The van der Waals surface area contributed by atoms with Gasteiger partial charge in [-0.15, -0.1) is 0 Å². The van der Waals surface area contributed by atoms with E-state index in [2.05, 4.69) is 0 Å². The molecule has 0 saturated carbocycles. The van der Waals surface area contributed by atoms with Crippen molar-refractivity contribution in [1.82, 2.24) is 0 Å². The summed E-state index contributed by atoms with van der Waals surface area (Å²) in [7, 11) is 0. The van der Waals surface area contributed by atoms with Crippen LogP contribution in [0.2, 0.25) is 5.02 Å². The molecule has 0 aliphatic carbocycles. The van der Waals surface area contributed by atoms with E-state index in [-0.39, 0.29) is 35.7 Å². The zero-order chi connectivity index (χ0) is 16.3. The number of hydrogen-bond donors (Lipinski definition) is 3. The molecule has 0 fully saturated rings. The van der Waals surface area contributed by atoms with Crippen LogP contribution in [0.25, 0.3) is 0 Å². The van der Waals surface area contributed by atoms with Crippen molar-refractivity contribution in [1.29, 1.82) is 0 Å². The number of carbonyl (C=O) groups excluding carboxylic acids is 1. The smallest absolute Gasteiger partial charge is 0.335 e. The Labute approximate surface area is 131 Å². The number of carboxylic acid groups (broad SMARTS) is 1. The van der Waals surface area contributed by atoms with E-state index in [1.807, 2.05) is 0 Å². The molecule has 114 valence electrons. The fourth-order valence-corrected chi connectivity index (χ4v) is 2.29. The van der Waals surface area contributed by atoms with Crippen LogP contribution in [0.3, 0.4) is 0 Å². The van der Waals surface area contributed by atoms with Crippen molar-refractivity contribution in [3.63, 3.8) is 0 Å². The Bertz CT molecular complexity index is 739. The second-order valence-corrected chi connectivity index (χ2v) is 5.26. The molecule has 0 aliphatic heterocycles. The van der Waals surface area contributed by atoms with Crippen molar-refractivity contribution in [2.45, 2.75) is 12.8 Å². The molecule has 0 aliphatic rings. The Kier molecular flexibility index (Phi) is 4.68. The van der Waals surface area contributed by atoms with Gasteiger partial charge in [0.1, 0.15) is 5.78 Å². The highest BCUT2D eigenvalue weighted by Gasteiger charge is 2.14. The lowest BCUT2D eigenvalue weighted by Crippen LogP contribution is -2.10. The molecule has 2 rings (SSSR count). The molecule has 0 bridgehead atoms. The van der Waals surface area contributed by atoms with Gasteiger partial charge < -0.3 is 15.3 Å². The third-order valence-corrected chi connectivity index (χ3v) is 3.36. The van der Waals surface area contributed by atoms with Gasteiger partial charge in [0.05, 0.1) is 5.56 Å². The highest BCUT2D eigenvalue weighted by atomic mass is 35.5. The number of aromatic hydroxyl groups is 2. The lowest BCUT2D eigenvalue weighted by molar-refractivity contribution is -0.117. The molecule has 0 aromatic heterocycles. The van der Waals surface area contributed by atoms with E-state index in [4.69, 9.17) is 16.7 Å². The predicted molar refractivity (Wildman–Crippen MR) is 80.6 cm³/mol. The zero-order valence-corrected chi connectivity index (χ0v) is 12.2. The highest BCUT2D eigenvalue weighted by molar-refractivity contribution is 6.30. The van der Waals surface area contributed by atoms with Crippen molar-refractivity contribution in [2.75, 3.05) is 0 Å². The first kappa shape index (κ1) is 15.9. The third-order valence-electron chi connectivity index (χ3n) is 3.13. The predicted octanol–water partition coefficient (Wildman–Crippen LogP) is 2.80. The summed E-state index contributed by atoms with van der Waals surface area (Å²) in [6, 6.07) is 8.38. The number of phenolic OH excluding ortho intramolecular Hbond substituents is 2. The number of aromatic carboxylic acids is 1. The first-order chi connectivity index (χ1) is 10.4. The molecule has 0 saturated heterocycles. The molecule has 0 atom stereocenters. The number of Topliss-reactive ketones (excluding diaryl/α,β-unsaturated/α-hetero) is 1. The van der Waals surface area contributed by atoms with Crippen LogP contribution in [0, 0.1) is 0 Å². The number of carbonyl (C=O) groups is 2. The fraction of sp³-hybridized carbons (Fsp3) is 0.125. The van der Waals surface area contributed by atoms with Gasteiger partial charge in [-0.25, -0.2) is 4.79 Å². The van der Waals surface area contributed by atoms with Crippen LogP contribution < -0.4 is 0 Å². The molecular formula is C16H13ClO5. The summed E-state index contributed by atoms with van der Waals surface area (Å²) in [6.45, 7) is 0. The van der Waals surface area contributed by atoms with Crippen LogP contribution in [0.4, 0.5) is 0 Å². The molecule has 22 heavy (non-hydrogen) atoms. The van der Waals surface area contributed by atoms with Crippen LogP contribution in [0.15, 0.2) is 36.4 Å². The molecule has 0 amide bonds. The molecular weight excluding hydrogens is 308 g/mol. The molecule has 0 unspecified atom stereocenters. The lowest BCUT2D eigenvalue weighted by Gasteiger charge is -2.07. The number of benzene rings is 2. The van der Waals surface area contributed by atoms with Gasteiger partial charge in [-0.1, -0.05) is 17.7 Å². The number of ketones is 1. The van der Waals surface area contributed by atoms with Gasteiger partial charge in [0.25, 0.3) is 0 Å². The van der Waals surface area contributed by atoms with Crippen molar-refractivity contribution in [3.8, 4) is 11.5 Å². The standard InChI is InChI=1S/C16H13ClO5/c17-11-2-3-13(16(21)22)10(7-11)8-12(18)5-9-1-4-14(19)15(20)6-9/h1-4,6-7,19-20H,5,8H2,(H,21,22). The zero-order valence-electron chi connectivity index (χ0n) is 11.4. The molecule has 2 aromatic carbocycles. The fourth-order valence-electron chi connectivity index (χ4n) is 2.10. The topological polar surface area (TPSA) is 94.8 Å². The first-order valence-electron chi connectivity index (χ1n) is 6.41. The van der Waals surface area contributed by atoms with E-state index in [9.17, 15) is 19.8 Å². The van der Waals surface area contributed by atoms with E-state index in [0.717, 1.165) is 0 Å². The Balaban J connectivity index is 2.16. The Morgan fingerprint density at radius 3 is 2.32 bits per heavy atom. The Morgan fingerprint density at radius 2 is 1.68 bits per heavy atom. The number of phenols is 2. The molecule has 3 N–H and O–H groups in total. The summed E-state index contributed by atoms with van der Waals surface area (Å²) >= 11 is 5.84. The summed E-state index contributed by atoms with van der Waals surface area (Å²) in [6.07, 6.45) is -0.0662. The average Bonchev–Trinajstić information content (AvgIpc) is 2.42. The SMILES string of the molecule is O=C(Cc1ccc(O)c(O)c1)Cc1cc(Cl)ccc1C(=O)O. The van der Waals surface area contributed by atoms with E-state index in [1.54, 1.807) is 0 Å². The van der Waals surface area contributed by atoms with Gasteiger partial charge in [0.15, 0.2) is 11.5 Å². The Hall–Kier alpha value is -2.53. The maximum atomic E-state index is 12.1. The maximum Gasteiger partial charge on any atom is 0.335 e. The minimum absolute atomic E-state index is 0.0133. The minimum atomic E-state index is -1.12. The quantitative estimate of drug-likeness (QED) is 0.736. The van der Waals surface area contributed by atoms with Gasteiger partial charge in [0, 0.05) is 17.9 Å². The summed E-state index contributed by atoms with van der Waals surface area (Å²) in [5.74, 6) is -1.92. The largest absolute Gasteiger partial charge is 0.504 e.